The first kappa shape index (κ1) is 19.0. The number of amides is 1. The van der Waals surface area contributed by atoms with Crippen molar-refractivity contribution < 1.29 is 19.4 Å². The Morgan fingerprint density at radius 1 is 1.23 bits per heavy atom. The van der Waals surface area contributed by atoms with Crippen molar-refractivity contribution in [3.05, 3.63) is 64.7 Å². The molecule has 0 spiro atoms. The molecule has 1 amide bonds. The van der Waals surface area contributed by atoms with Crippen molar-refractivity contribution in [2.24, 2.45) is 0 Å². The van der Waals surface area contributed by atoms with Crippen LogP contribution >= 0.6 is 11.6 Å². The first-order valence-corrected chi connectivity index (χ1v) is 7.99. The number of nitriles is 1. The number of carbonyl (C=O) groups excluding carboxylic acids is 1. The summed E-state index contributed by atoms with van der Waals surface area (Å²) >= 11 is 5.99. The lowest BCUT2D eigenvalue weighted by atomic mass is 10.1. The van der Waals surface area contributed by atoms with E-state index in [1.165, 1.54) is 6.08 Å². The highest BCUT2D eigenvalue weighted by atomic mass is 35.5. The van der Waals surface area contributed by atoms with E-state index in [0.717, 1.165) is 0 Å². The number of nitrogens with zero attached hydrogens (tertiary/aromatic N) is 1. The quantitative estimate of drug-likeness (QED) is 0.571. The van der Waals surface area contributed by atoms with Gasteiger partial charge in [-0.05, 0) is 35.9 Å². The minimum atomic E-state index is -0.955. The van der Waals surface area contributed by atoms with Crippen LogP contribution in [0.1, 0.15) is 12.0 Å². The van der Waals surface area contributed by atoms with Crippen LogP contribution in [0.15, 0.2) is 54.1 Å². The number of aliphatic carboxylic acids is 1. The lowest BCUT2D eigenvalue weighted by Crippen LogP contribution is -2.13. The standard InChI is InChI=1S/C19H15ClN2O4/c20-16-6-1-2-7-17(16)22-19(25)14(12-21)10-13-4-3-5-15(11-13)26-9-8-18(23)24/h1-7,10-11H,8-9H2,(H,22,25)(H,23,24). The van der Waals surface area contributed by atoms with Crippen LogP contribution in [0.2, 0.25) is 5.02 Å². The molecule has 0 aliphatic heterocycles. The van der Waals surface area contributed by atoms with Crippen molar-refractivity contribution >= 4 is 35.2 Å². The highest BCUT2D eigenvalue weighted by Crippen LogP contribution is 2.22. The number of hydrogen-bond acceptors (Lipinski definition) is 4. The van der Waals surface area contributed by atoms with Crippen molar-refractivity contribution in [1.29, 1.82) is 5.26 Å². The number of carbonyl (C=O) groups is 2. The second-order valence-electron chi connectivity index (χ2n) is 5.17. The van der Waals surface area contributed by atoms with E-state index in [4.69, 9.17) is 21.4 Å². The van der Waals surface area contributed by atoms with Gasteiger partial charge in [-0.1, -0.05) is 35.9 Å². The molecule has 0 fully saturated rings. The van der Waals surface area contributed by atoms with Crippen LogP contribution < -0.4 is 10.1 Å². The number of para-hydroxylation sites is 1. The summed E-state index contributed by atoms with van der Waals surface area (Å²) in [4.78, 5) is 22.8. The Hall–Kier alpha value is -3.30. The van der Waals surface area contributed by atoms with Gasteiger partial charge in [0.05, 0.1) is 23.7 Å². The highest BCUT2D eigenvalue weighted by molar-refractivity contribution is 6.34. The monoisotopic (exact) mass is 370 g/mol. The molecule has 2 rings (SSSR count). The topological polar surface area (TPSA) is 99.4 Å². The van der Waals surface area contributed by atoms with Crippen LogP contribution in [-0.4, -0.2) is 23.6 Å². The maximum atomic E-state index is 12.3. The summed E-state index contributed by atoms with van der Waals surface area (Å²) < 4.78 is 5.33. The summed E-state index contributed by atoms with van der Waals surface area (Å²) in [7, 11) is 0. The lowest BCUT2D eigenvalue weighted by Gasteiger charge is -2.07. The van der Waals surface area contributed by atoms with Gasteiger partial charge in [0.1, 0.15) is 17.4 Å². The zero-order valence-corrected chi connectivity index (χ0v) is 14.4. The fraction of sp³-hybridized carbons (Fsp3) is 0.105. The predicted octanol–water partition coefficient (Wildman–Crippen LogP) is 3.74. The van der Waals surface area contributed by atoms with Crippen molar-refractivity contribution in [3.8, 4) is 11.8 Å². The average molecular weight is 371 g/mol. The van der Waals surface area contributed by atoms with Crippen molar-refractivity contribution in [2.75, 3.05) is 11.9 Å². The number of carboxylic acids is 1. The number of halogens is 1. The van der Waals surface area contributed by atoms with E-state index in [1.54, 1.807) is 48.5 Å². The van der Waals surface area contributed by atoms with Crippen molar-refractivity contribution in [1.82, 2.24) is 0 Å². The van der Waals surface area contributed by atoms with Gasteiger partial charge in [-0.2, -0.15) is 5.26 Å². The number of rotatable bonds is 7. The molecule has 0 atom stereocenters. The molecule has 0 bridgehead atoms. The molecule has 2 N–H and O–H groups in total. The van der Waals surface area contributed by atoms with Crippen LogP contribution in [0, 0.1) is 11.3 Å². The van der Waals surface area contributed by atoms with Crippen molar-refractivity contribution in [3.63, 3.8) is 0 Å². The first-order chi connectivity index (χ1) is 12.5. The summed E-state index contributed by atoms with van der Waals surface area (Å²) in [5.74, 6) is -1.09. The van der Waals surface area contributed by atoms with Crippen molar-refractivity contribution in [2.45, 2.75) is 6.42 Å². The Labute approximate surface area is 155 Å². The Morgan fingerprint density at radius 3 is 2.69 bits per heavy atom. The molecule has 2 aromatic carbocycles. The third kappa shape index (κ3) is 5.65. The third-order valence-electron chi connectivity index (χ3n) is 3.24. The molecule has 0 aliphatic rings. The minimum Gasteiger partial charge on any atom is -0.493 e. The third-order valence-corrected chi connectivity index (χ3v) is 3.57. The van der Waals surface area contributed by atoms with Gasteiger partial charge < -0.3 is 15.2 Å². The number of anilines is 1. The SMILES string of the molecule is N#CC(=Cc1cccc(OCCC(=O)O)c1)C(=O)Nc1ccccc1Cl. The smallest absolute Gasteiger partial charge is 0.306 e. The molecule has 0 saturated heterocycles. The zero-order valence-electron chi connectivity index (χ0n) is 13.6. The predicted molar refractivity (Wildman–Crippen MR) is 97.9 cm³/mol. The molecular weight excluding hydrogens is 356 g/mol. The summed E-state index contributed by atoms with van der Waals surface area (Å²) in [6, 6.07) is 15.2. The molecule has 26 heavy (non-hydrogen) atoms. The van der Waals surface area contributed by atoms with Gasteiger partial charge in [-0.15, -0.1) is 0 Å². The van der Waals surface area contributed by atoms with Gasteiger partial charge in [0, 0.05) is 0 Å². The number of carboxylic acid groups (broad SMARTS) is 1. The molecule has 0 aliphatic carbocycles. The van der Waals surface area contributed by atoms with E-state index < -0.39 is 11.9 Å². The molecule has 0 unspecified atom stereocenters. The Balaban J connectivity index is 2.12. The van der Waals surface area contributed by atoms with E-state index in [-0.39, 0.29) is 18.6 Å². The highest BCUT2D eigenvalue weighted by Gasteiger charge is 2.11. The van der Waals surface area contributed by atoms with E-state index in [1.807, 2.05) is 6.07 Å². The molecule has 7 heteroatoms. The summed E-state index contributed by atoms with van der Waals surface area (Å²) in [5, 5.41) is 20.8. The second-order valence-corrected chi connectivity index (χ2v) is 5.58. The van der Waals surface area contributed by atoms with Crippen LogP contribution in [-0.2, 0) is 9.59 Å². The Bertz CT molecular complexity index is 887. The van der Waals surface area contributed by atoms with Gasteiger partial charge in [0.2, 0.25) is 0 Å². The lowest BCUT2D eigenvalue weighted by molar-refractivity contribution is -0.137. The maximum Gasteiger partial charge on any atom is 0.306 e. The van der Waals surface area contributed by atoms with Gasteiger partial charge in [-0.25, -0.2) is 0 Å². The number of ether oxygens (including phenoxy) is 1. The molecule has 132 valence electrons. The van der Waals surface area contributed by atoms with Gasteiger partial charge in [0.25, 0.3) is 5.91 Å². The summed E-state index contributed by atoms with van der Waals surface area (Å²) in [6.45, 7) is 0.0284. The van der Waals surface area contributed by atoms with Crippen LogP contribution in [0.5, 0.6) is 5.75 Å². The molecule has 6 nitrogen and oxygen atoms in total. The van der Waals surface area contributed by atoms with Gasteiger partial charge in [-0.3, -0.25) is 9.59 Å². The summed E-state index contributed by atoms with van der Waals surface area (Å²) in [6.07, 6.45) is 1.29. The van der Waals surface area contributed by atoms with E-state index in [2.05, 4.69) is 5.32 Å². The second kappa shape index (κ2) is 9.25. The Morgan fingerprint density at radius 2 is 2.00 bits per heavy atom. The maximum absolute atomic E-state index is 12.3. The normalized spacial score (nSPS) is 10.7. The molecule has 0 heterocycles. The number of benzene rings is 2. The van der Waals surface area contributed by atoms with Gasteiger partial charge in [0.15, 0.2) is 0 Å². The average Bonchev–Trinajstić information content (AvgIpc) is 2.61. The fourth-order valence-corrected chi connectivity index (χ4v) is 2.20. The van der Waals surface area contributed by atoms with E-state index >= 15 is 0 Å². The Kier molecular flexibility index (Phi) is 6.77. The fourth-order valence-electron chi connectivity index (χ4n) is 2.02. The van der Waals surface area contributed by atoms with E-state index in [0.29, 0.717) is 22.0 Å². The number of hydrogen-bond donors (Lipinski definition) is 2. The van der Waals surface area contributed by atoms with Crippen LogP contribution in [0.25, 0.3) is 6.08 Å². The molecule has 2 aromatic rings. The number of nitrogens with one attached hydrogen (secondary N) is 1. The molecular formula is C19H15ClN2O4. The zero-order chi connectivity index (χ0) is 18.9. The minimum absolute atomic E-state index is 0.0284. The molecule has 0 radical (unpaired) electrons. The van der Waals surface area contributed by atoms with Crippen LogP contribution in [0.3, 0.4) is 0 Å². The molecule has 0 saturated carbocycles. The largest absolute Gasteiger partial charge is 0.493 e. The molecule has 0 aromatic heterocycles. The van der Waals surface area contributed by atoms with Gasteiger partial charge >= 0.3 is 5.97 Å². The van der Waals surface area contributed by atoms with E-state index in [9.17, 15) is 14.9 Å². The summed E-state index contributed by atoms with van der Waals surface area (Å²) in [5.41, 5.74) is 0.877. The first-order valence-electron chi connectivity index (χ1n) is 7.62. The van der Waals surface area contributed by atoms with Crippen LogP contribution in [0.4, 0.5) is 5.69 Å².